The van der Waals surface area contributed by atoms with E-state index in [0.717, 1.165) is 12.8 Å². The van der Waals surface area contributed by atoms with E-state index in [1.165, 1.54) is 6.33 Å². The molecule has 0 saturated carbocycles. The number of hydrogen-bond acceptors (Lipinski definition) is 4. The van der Waals surface area contributed by atoms with Crippen molar-refractivity contribution in [2.75, 3.05) is 18.0 Å². The van der Waals surface area contributed by atoms with Crippen LogP contribution in [0.2, 0.25) is 5.02 Å². The van der Waals surface area contributed by atoms with E-state index in [2.05, 4.69) is 9.97 Å². The number of aromatic nitrogens is 2. The number of halogens is 1. The largest absolute Gasteiger partial charge is 0.368 e. The van der Waals surface area contributed by atoms with Crippen molar-refractivity contribution in [3.63, 3.8) is 0 Å². The van der Waals surface area contributed by atoms with Gasteiger partial charge in [0.25, 0.3) is 5.56 Å². The number of nitrogens with two attached hydrogens (primary N) is 1. The maximum absolute atomic E-state index is 11.3. The van der Waals surface area contributed by atoms with Gasteiger partial charge in [0, 0.05) is 6.54 Å². The van der Waals surface area contributed by atoms with Gasteiger partial charge in [0.1, 0.15) is 5.02 Å². The fourth-order valence-corrected chi connectivity index (χ4v) is 1.61. The SMILES string of the molecule is CCCCN(CC(N)=O)c1nc[nH]c(=O)c1Cl. The minimum absolute atomic E-state index is 0.00380. The van der Waals surface area contributed by atoms with Gasteiger partial charge < -0.3 is 15.6 Å². The van der Waals surface area contributed by atoms with Gasteiger partial charge in [0.2, 0.25) is 5.91 Å². The van der Waals surface area contributed by atoms with Crippen LogP contribution in [0.3, 0.4) is 0 Å². The molecule has 0 aromatic carbocycles. The summed E-state index contributed by atoms with van der Waals surface area (Å²) >= 11 is 5.85. The first-order chi connectivity index (χ1) is 8.06. The van der Waals surface area contributed by atoms with Crippen LogP contribution in [-0.4, -0.2) is 29.0 Å². The standard InChI is InChI=1S/C10H15ClN4O2/c1-2-3-4-15(5-7(12)16)9-8(11)10(17)14-6-13-9/h6H,2-5H2,1H3,(H2,12,16)(H,13,14,17). The summed E-state index contributed by atoms with van der Waals surface area (Å²) in [6.07, 6.45) is 3.07. The van der Waals surface area contributed by atoms with Gasteiger partial charge in [-0.3, -0.25) is 9.59 Å². The zero-order chi connectivity index (χ0) is 12.8. The van der Waals surface area contributed by atoms with E-state index < -0.39 is 11.5 Å². The van der Waals surface area contributed by atoms with Crippen molar-refractivity contribution in [1.82, 2.24) is 9.97 Å². The molecule has 1 amide bonds. The van der Waals surface area contributed by atoms with Gasteiger partial charge in [-0.05, 0) is 6.42 Å². The van der Waals surface area contributed by atoms with Gasteiger partial charge >= 0.3 is 0 Å². The predicted molar refractivity (Wildman–Crippen MR) is 66.2 cm³/mol. The summed E-state index contributed by atoms with van der Waals surface area (Å²) in [6, 6.07) is 0. The average Bonchev–Trinajstić information content (AvgIpc) is 2.28. The summed E-state index contributed by atoms with van der Waals surface area (Å²) < 4.78 is 0. The second-order valence-corrected chi connectivity index (χ2v) is 3.99. The molecule has 1 aromatic rings. The first kappa shape index (κ1) is 13.5. The number of anilines is 1. The quantitative estimate of drug-likeness (QED) is 0.778. The van der Waals surface area contributed by atoms with E-state index in [-0.39, 0.29) is 11.6 Å². The second-order valence-electron chi connectivity index (χ2n) is 3.61. The lowest BCUT2D eigenvalue weighted by molar-refractivity contribution is -0.116. The summed E-state index contributed by atoms with van der Waals surface area (Å²) in [7, 11) is 0. The summed E-state index contributed by atoms with van der Waals surface area (Å²) in [5.41, 5.74) is 4.73. The maximum atomic E-state index is 11.3. The van der Waals surface area contributed by atoms with Crippen LogP contribution in [0.4, 0.5) is 5.82 Å². The average molecular weight is 259 g/mol. The molecule has 6 nitrogen and oxygen atoms in total. The number of nitrogens with zero attached hydrogens (tertiary/aromatic N) is 2. The Morgan fingerprint density at radius 2 is 2.35 bits per heavy atom. The molecule has 0 aliphatic heterocycles. The number of nitrogens with one attached hydrogen (secondary N) is 1. The smallest absolute Gasteiger partial charge is 0.271 e. The maximum Gasteiger partial charge on any atom is 0.271 e. The Labute approximate surface area is 104 Å². The van der Waals surface area contributed by atoms with E-state index >= 15 is 0 Å². The molecule has 1 rings (SSSR count). The number of hydrogen-bond donors (Lipinski definition) is 2. The van der Waals surface area contributed by atoms with E-state index in [1.54, 1.807) is 4.90 Å². The van der Waals surface area contributed by atoms with Gasteiger partial charge in [-0.1, -0.05) is 24.9 Å². The highest BCUT2D eigenvalue weighted by Crippen LogP contribution is 2.18. The van der Waals surface area contributed by atoms with Crippen molar-refractivity contribution in [3.05, 3.63) is 21.7 Å². The normalized spacial score (nSPS) is 10.2. The van der Waals surface area contributed by atoms with Crippen LogP contribution in [0.25, 0.3) is 0 Å². The molecule has 0 unspecified atom stereocenters. The molecule has 0 radical (unpaired) electrons. The monoisotopic (exact) mass is 258 g/mol. The van der Waals surface area contributed by atoms with Gasteiger partial charge in [-0.2, -0.15) is 0 Å². The Kier molecular flexibility index (Phi) is 4.96. The molecule has 94 valence electrons. The molecular weight excluding hydrogens is 244 g/mol. The number of carbonyl (C=O) groups is 1. The molecule has 0 aliphatic carbocycles. The van der Waals surface area contributed by atoms with Crippen LogP contribution in [0.1, 0.15) is 19.8 Å². The highest BCUT2D eigenvalue weighted by molar-refractivity contribution is 6.32. The number of unbranched alkanes of at least 4 members (excludes halogenated alkanes) is 1. The number of H-pyrrole nitrogens is 1. The fraction of sp³-hybridized carbons (Fsp3) is 0.500. The highest BCUT2D eigenvalue weighted by Gasteiger charge is 2.15. The van der Waals surface area contributed by atoms with Crippen molar-refractivity contribution < 1.29 is 4.79 Å². The fourth-order valence-electron chi connectivity index (χ4n) is 1.39. The second kappa shape index (κ2) is 6.24. The molecule has 0 spiro atoms. The van der Waals surface area contributed by atoms with E-state index in [4.69, 9.17) is 17.3 Å². The number of aromatic amines is 1. The van der Waals surface area contributed by atoms with Crippen LogP contribution in [0, 0.1) is 0 Å². The Hall–Kier alpha value is -1.56. The molecule has 0 fully saturated rings. The van der Waals surface area contributed by atoms with Crippen molar-refractivity contribution in [2.45, 2.75) is 19.8 Å². The van der Waals surface area contributed by atoms with E-state index in [1.807, 2.05) is 6.92 Å². The summed E-state index contributed by atoms with van der Waals surface area (Å²) in [5, 5.41) is -0.0233. The summed E-state index contributed by atoms with van der Waals surface area (Å²) in [4.78, 5) is 30.3. The van der Waals surface area contributed by atoms with E-state index in [9.17, 15) is 9.59 Å². The third-order valence-electron chi connectivity index (χ3n) is 2.21. The molecule has 7 heteroatoms. The zero-order valence-corrected chi connectivity index (χ0v) is 10.3. The van der Waals surface area contributed by atoms with Crippen molar-refractivity contribution in [1.29, 1.82) is 0 Å². The first-order valence-electron chi connectivity index (χ1n) is 5.32. The van der Waals surface area contributed by atoms with Crippen molar-refractivity contribution in [3.8, 4) is 0 Å². The highest BCUT2D eigenvalue weighted by atomic mass is 35.5. The first-order valence-corrected chi connectivity index (χ1v) is 5.70. The van der Waals surface area contributed by atoms with Crippen LogP contribution >= 0.6 is 11.6 Å². The number of rotatable bonds is 6. The Morgan fingerprint density at radius 1 is 1.65 bits per heavy atom. The van der Waals surface area contributed by atoms with Gasteiger partial charge in [-0.25, -0.2) is 4.98 Å². The summed E-state index contributed by atoms with van der Waals surface area (Å²) in [5.74, 6) is -0.193. The number of primary amides is 1. The van der Waals surface area contributed by atoms with Crippen LogP contribution in [0.15, 0.2) is 11.1 Å². The number of carbonyl (C=O) groups excluding carboxylic acids is 1. The third-order valence-corrected chi connectivity index (χ3v) is 2.55. The lowest BCUT2D eigenvalue weighted by atomic mass is 10.3. The molecule has 0 aliphatic rings. The Morgan fingerprint density at radius 3 is 2.94 bits per heavy atom. The van der Waals surface area contributed by atoms with Crippen molar-refractivity contribution in [2.24, 2.45) is 5.73 Å². The van der Waals surface area contributed by atoms with Crippen molar-refractivity contribution >= 4 is 23.3 Å². The molecule has 17 heavy (non-hydrogen) atoms. The van der Waals surface area contributed by atoms with Gasteiger partial charge in [0.15, 0.2) is 5.82 Å². The predicted octanol–water partition coefficient (Wildman–Crippen LogP) is 0.515. The minimum atomic E-state index is -0.487. The Balaban J connectivity index is 2.98. The zero-order valence-electron chi connectivity index (χ0n) is 9.57. The molecule has 3 N–H and O–H groups in total. The lowest BCUT2D eigenvalue weighted by Crippen LogP contribution is -2.36. The number of amides is 1. The van der Waals surface area contributed by atoms with Gasteiger partial charge in [-0.15, -0.1) is 0 Å². The minimum Gasteiger partial charge on any atom is -0.368 e. The van der Waals surface area contributed by atoms with Crippen LogP contribution < -0.4 is 16.2 Å². The molecule has 0 atom stereocenters. The van der Waals surface area contributed by atoms with Crippen LogP contribution in [0.5, 0.6) is 0 Å². The molecule has 1 heterocycles. The Bertz CT molecular complexity index is 446. The lowest BCUT2D eigenvalue weighted by Gasteiger charge is -2.22. The third kappa shape index (κ3) is 3.74. The van der Waals surface area contributed by atoms with Crippen LogP contribution in [-0.2, 0) is 4.79 Å². The molecule has 0 saturated heterocycles. The molecule has 1 aromatic heterocycles. The topological polar surface area (TPSA) is 92.1 Å². The van der Waals surface area contributed by atoms with E-state index in [0.29, 0.717) is 12.4 Å². The molecular formula is C10H15ClN4O2. The molecule has 0 bridgehead atoms. The van der Waals surface area contributed by atoms with Gasteiger partial charge in [0.05, 0.1) is 12.9 Å². The summed E-state index contributed by atoms with van der Waals surface area (Å²) in [6.45, 7) is 2.60.